The molecule has 0 saturated carbocycles. The van der Waals surface area contributed by atoms with Gasteiger partial charge in [-0.15, -0.1) is 0 Å². The number of carbonyl (C=O) groups excluding carboxylic acids is 3. The minimum atomic E-state index is -1.51. The van der Waals surface area contributed by atoms with Gasteiger partial charge in [-0.25, -0.2) is 4.79 Å². The topological polar surface area (TPSA) is 235 Å². The number of amides is 3. The highest BCUT2D eigenvalue weighted by atomic mass is 16.4. The summed E-state index contributed by atoms with van der Waals surface area (Å²) in [5.41, 5.74) is 16.5. The fourth-order valence-electron chi connectivity index (χ4n) is 2.90. The van der Waals surface area contributed by atoms with E-state index in [0.29, 0.717) is 12.8 Å². The number of carboxylic acids is 1. The van der Waals surface area contributed by atoms with E-state index in [1.54, 1.807) is 13.8 Å². The van der Waals surface area contributed by atoms with Gasteiger partial charge in [0.25, 0.3) is 0 Å². The average molecular weight is 474 g/mol. The van der Waals surface area contributed by atoms with Crippen molar-refractivity contribution in [1.29, 1.82) is 0 Å². The van der Waals surface area contributed by atoms with Gasteiger partial charge in [-0.05, 0) is 31.1 Å². The van der Waals surface area contributed by atoms with Gasteiger partial charge in [0.1, 0.15) is 18.1 Å². The van der Waals surface area contributed by atoms with E-state index in [4.69, 9.17) is 27.4 Å². The number of carboxylic acid groups (broad SMARTS) is 1. The molecule has 11 N–H and O–H groups in total. The highest BCUT2D eigenvalue weighted by Crippen LogP contribution is 2.08. The molecule has 0 fully saturated rings. The van der Waals surface area contributed by atoms with Crippen LogP contribution in [0.1, 0.15) is 47.0 Å². The molecular weight excluding hydrogens is 434 g/mol. The van der Waals surface area contributed by atoms with Crippen LogP contribution in [0.15, 0.2) is 4.99 Å². The number of aliphatic hydroxyl groups is 1. The van der Waals surface area contributed by atoms with Gasteiger partial charge in [0.2, 0.25) is 17.7 Å². The summed E-state index contributed by atoms with van der Waals surface area (Å²) in [4.78, 5) is 52.9. The second-order valence-corrected chi connectivity index (χ2v) is 8.56. The van der Waals surface area contributed by atoms with Crippen molar-refractivity contribution in [2.24, 2.45) is 34.0 Å². The van der Waals surface area contributed by atoms with Gasteiger partial charge >= 0.3 is 5.97 Å². The zero-order chi connectivity index (χ0) is 25.7. The number of nitrogens with one attached hydrogen (secondary N) is 3. The molecule has 0 bridgehead atoms. The molecule has 0 rings (SSSR count). The molecule has 4 atom stereocenters. The summed E-state index contributed by atoms with van der Waals surface area (Å²) in [5, 5.41) is 25.5. The van der Waals surface area contributed by atoms with Crippen LogP contribution in [0.4, 0.5) is 0 Å². The van der Waals surface area contributed by atoms with Crippen LogP contribution < -0.4 is 33.2 Å². The van der Waals surface area contributed by atoms with Crippen molar-refractivity contribution in [3.63, 3.8) is 0 Å². The molecule has 4 unspecified atom stereocenters. The summed E-state index contributed by atoms with van der Waals surface area (Å²) in [6.45, 7) is 6.56. The molecule has 3 amide bonds. The van der Waals surface area contributed by atoms with Crippen LogP contribution in [-0.4, -0.2) is 77.2 Å². The standard InChI is InChI=1S/C20H39N7O6/c1-10(2)8-12(21)16(29)25-13(6-5-7-24-20(22)23)17(30)27-15(11(3)4)18(31)26-14(9-28)19(32)33/h10-15,28H,5-9,21H2,1-4H3,(H,25,29)(H,26,31)(H,27,30)(H,32,33)(H4,22,23,24). The molecule has 0 radical (unpaired) electrons. The Hall–Kier alpha value is -2.93. The molecule has 0 aromatic carbocycles. The van der Waals surface area contributed by atoms with E-state index < -0.39 is 60.4 Å². The molecule has 190 valence electrons. The SMILES string of the molecule is CC(C)CC(N)C(=O)NC(CCCN=C(N)N)C(=O)NC(C(=O)NC(CO)C(=O)O)C(C)C. The van der Waals surface area contributed by atoms with Gasteiger partial charge in [0.15, 0.2) is 5.96 Å². The van der Waals surface area contributed by atoms with Crippen molar-refractivity contribution < 1.29 is 29.4 Å². The lowest BCUT2D eigenvalue weighted by molar-refractivity contribution is -0.143. The summed E-state index contributed by atoms with van der Waals surface area (Å²) < 4.78 is 0. The van der Waals surface area contributed by atoms with Crippen LogP contribution in [0, 0.1) is 11.8 Å². The Balaban J connectivity index is 5.44. The van der Waals surface area contributed by atoms with Crippen LogP contribution in [-0.2, 0) is 19.2 Å². The maximum absolute atomic E-state index is 13.0. The molecule has 0 aromatic rings. The number of guanidine groups is 1. The summed E-state index contributed by atoms with van der Waals surface area (Å²) >= 11 is 0. The normalized spacial score (nSPS) is 14.7. The molecule has 0 spiro atoms. The molecule has 33 heavy (non-hydrogen) atoms. The van der Waals surface area contributed by atoms with Crippen LogP contribution in [0.5, 0.6) is 0 Å². The van der Waals surface area contributed by atoms with E-state index in [-0.39, 0.29) is 24.8 Å². The van der Waals surface area contributed by atoms with E-state index >= 15 is 0 Å². The number of aliphatic hydroxyl groups excluding tert-OH is 1. The summed E-state index contributed by atoms with van der Waals surface area (Å²) in [6.07, 6.45) is 0.951. The highest BCUT2D eigenvalue weighted by molar-refractivity contribution is 5.94. The maximum Gasteiger partial charge on any atom is 0.328 e. The quantitative estimate of drug-likeness (QED) is 0.0717. The molecule has 13 heteroatoms. The van der Waals surface area contributed by atoms with Crippen molar-refractivity contribution in [3.8, 4) is 0 Å². The highest BCUT2D eigenvalue weighted by Gasteiger charge is 2.31. The van der Waals surface area contributed by atoms with Crippen LogP contribution in [0.25, 0.3) is 0 Å². The Labute approximate surface area is 193 Å². The number of aliphatic carboxylic acids is 1. The second-order valence-electron chi connectivity index (χ2n) is 8.56. The van der Waals surface area contributed by atoms with Crippen molar-refractivity contribution in [2.45, 2.75) is 71.1 Å². The minimum absolute atomic E-state index is 0.104. The first-order chi connectivity index (χ1) is 15.3. The number of hydrogen-bond donors (Lipinski definition) is 8. The summed E-state index contributed by atoms with van der Waals surface area (Å²) in [6, 6.07) is -4.46. The fraction of sp³-hybridized carbons (Fsp3) is 0.750. The van der Waals surface area contributed by atoms with Crippen LogP contribution >= 0.6 is 0 Å². The first-order valence-electron chi connectivity index (χ1n) is 10.9. The van der Waals surface area contributed by atoms with Gasteiger partial charge in [-0.2, -0.15) is 0 Å². The third-order valence-corrected chi connectivity index (χ3v) is 4.68. The Kier molecular flexibility index (Phi) is 13.7. The molecule has 0 aliphatic rings. The van der Waals surface area contributed by atoms with E-state index in [0.717, 1.165) is 0 Å². The minimum Gasteiger partial charge on any atom is -0.480 e. The van der Waals surface area contributed by atoms with Crippen LogP contribution in [0.3, 0.4) is 0 Å². The van der Waals surface area contributed by atoms with Gasteiger partial charge in [-0.3, -0.25) is 19.4 Å². The lowest BCUT2D eigenvalue weighted by Gasteiger charge is -2.27. The second kappa shape index (κ2) is 15.0. The smallest absolute Gasteiger partial charge is 0.328 e. The van der Waals surface area contributed by atoms with Gasteiger partial charge in [0, 0.05) is 6.54 Å². The number of aliphatic imine (C=N–C) groups is 1. The lowest BCUT2D eigenvalue weighted by atomic mass is 10.0. The Bertz CT molecular complexity index is 694. The van der Waals surface area contributed by atoms with Crippen molar-refractivity contribution >= 4 is 29.7 Å². The fourth-order valence-corrected chi connectivity index (χ4v) is 2.90. The number of carbonyl (C=O) groups is 4. The van der Waals surface area contributed by atoms with E-state index in [1.807, 2.05) is 13.8 Å². The number of hydrogen-bond acceptors (Lipinski definition) is 7. The Morgan fingerprint density at radius 3 is 1.94 bits per heavy atom. The Morgan fingerprint density at radius 2 is 1.48 bits per heavy atom. The predicted molar refractivity (Wildman–Crippen MR) is 123 cm³/mol. The lowest BCUT2D eigenvalue weighted by Crippen LogP contribution is -2.58. The summed E-state index contributed by atoms with van der Waals surface area (Å²) in [7, 11) is 0. The third kappa shape index (κ3) is 12.0. The van der Waals surface area contributed by atoms with Gasteiger partial charge < -0.3 is 43.4 Å². The maximum atomic E-state index is 13.0. The molecule has 13 nitrogen and oxygen atoms in total. The number of nitrogens with zero attached hydrogens (tertiary/aromatic N) is 1. The van der Waals surface area contributed by atoms with Crippen molar-refractivity contribution in [1.82, 2.24) is 16.0 Å². The first kappa shape index (κ1) is 30.1. The van der Waals surface area contributed by atoms with E-state index in [2.05, 4.69) is 20.9 Å². The van der Waals surface area contributed by atoms with E-state index in [9.17, 15) is 19.2 Å². The molecule has 0 aliphatic heterocycles. The summed E-state index contributed by atoms with van der Waals surface area (Å²) in [5.74, 6) is -3.69. The van der Waals surface area contributed by atoms with Crippen molar-refractivity contribution in [3.05, 3.63) is 0 Å². The first-order valence-corrected chi connectivity index (χ1v) is 10.9. The molecular formula is C20H39N7O6. The predicted octanol–water partition coefficient (Wildman–Crippen LogP) is -2.40. The van der Waals surface area contributed by atoms with Gasteiger partial charge in [0.05, 0.1) is 12.6 Å². The molecule has 0 aliphatic carbocycles. The largest absolute Gasteiger partial charge is 0.480 e. The van der Waals surface area contributed by atoms with Crippen LogP contribution in [0.2, 0.25) is 0 Å². The number of nitrogens with two attached hydrogens (primary N) is 3. The molecule has 0 aromatic heterocycles. The average Bonchev–Trinajstić information content (AvgIpc) is 2.70. The molecule has 0 saturated heterocycles. The zero-order valence-electron chi connectivity index (χ0n) is 19.7. The van der Waals surface area contributed by atoms with Crippen molar-refractivity contribution in [2.75, 3.05) is 13.2 Å². The van der Waals surface area contributed by atoms with Gasteiger partial charge in [-0.1, -0.05) is 27.7 Å². The zero-order valence-corrected chi connectivity index (χ0v) is 19.7. The Morgan fingerprint density at radius 1 is 0.909 bits per heavy atom. The monoisotopic (exact) mass is 473 g/mol. The third-order valence-electron chi connectivity index (χ3n) is 4.68. The van der Waals surface area contributed by atoms with E-state index in [1.165, 1.54) is 0 Å². The number of rotatable bonds is 15. The molecule has 0 heterocycles.